The maximum atomic E-state index is 12.6. The molecule has 4 rings (SSSR count). The zero-order chi connectivity index (χ0) is 28.3. The number of methoxy groups -OCH3 is 1. The first-order valence-corrected chi connectivity index (χ1v) is 11.9. The summed E-state index contributed by atoms with van der Waals surface area (Å²) in [7, 11) is 6.24. The Morgan fingerprint density at radius 2 is 1.74 bits per heavy atom. The van der Waals surface area contributed by atoms with E-state index in [4.69, 9.17) is 9.73 Å². The lowest BCUT2D eigenvalue weighted by Crippen LogP contribution is -2.35. The molecule has 0 aliphatic heterocycles. The molecule has 1 amide bonds. The van der Waals surface area contributed by atoms with Crippen molar-refractivity contribution in [1.29, 1.82) is 0 Å². The van der Waals surface area contributed by atoms with Crippen LogP contribution in [0.1, 0.15) is 21.5 Å². The number of hydrogen-bond acceptors (Lipinski definition) is 8. The van der Waals surface area contributed by atoms with Crippen molar-refractivity contribution in [2.75, 3.05) is 39.7 Å². The smallest absolute Gasteiger partial charge is 0.337 e. The number of likely N-dealkylation sites (N-methyl/N-ethyl adjacent to an activating group) is 2. The van der Waals surface area contributed by atoms with E-state index in [0.717, 1.165) is 0 Å². The summed E-state index contributed by atoms with van der Waals surface area (Å²) < 4.78 is 4.79. The van der Waals surface area contributed by atoms with E-state index in [1.165, 1.54) is 31.2 Å². The standard InChI is InChI=1S/C28H27N5O6/c1-31(2)16-24(34)32(3)22-13-11-19(15-23(22)33(37)38)29-26(17-8-6-5-7-9-17)25-20-12-10-18(28(36)39-4)14-21(20)30-27(25)35/h5-15,30,35H,16H2,1-4H3. The van der Waals surface area contributed by atoms with E-state index in [-0.39, 0.29) is 35.4 Å². The van der Waals surface area contributed by atoms with Crippen molar-refractivity contribution in [2.45, 2.75) is 0 Å². The van der Waals surface area contributed by atoms with Gasteiger partial charge in [-0.1, -0.05) is 36.4 Å². The van der Waals surface area contributed by atoms with Gasteiger partial charge in [0.2, 0.25) is 5.91 Å². The molecule has 1 aromatic heterocycles. The molecule has 200 valence electrons. The van der Waals surface area contributed by atoms with E-state index in [2.05, 4.69) is 4.98 Å². The molecule has 1 heterocycles. The number of esters is 1. The zero-order valence-electron chi connectivity index (χ0n) is 21.8. The Kier molecular flexibility index (Phi) is 7.73. The number of ether oxygens (including phenoxy) is 1. The zero-order valence-corrected chi connectivity index (χ0v) is 21.8. The van der Waals surface area contributed by atoms with E-state index < -0.39 is 10.9 Å². The molecule has 3 aromatic carbocycles. The van der Waals surface area contributed by atoms with Crippen molar-refractivity contribution in [3.63, 3.8) is 0 Å². The van der Waals surface area contributed by atoms with Gasteiger partial charge in [0.1, 0.15) is 5.69 Å². The lowest BCUT2D eigenvalue weighted by Gasteiger charge is -2.19. The van der Waals surface area contributed by atoms with E-state index in [1.54, 1.807) is 55.4 Å². The first kappa shape index (κ1) is 27.0. The van der Waals surface area contributed by atoms with Crippen LogP contribution in [-0.4, -0.2) is 72.3 Å². The van der Waals surface area contributed by atoms with Crippen LogP contribution in [0.3, 0.4) is 0 Å². The van der Waals surface area contributed by atoms with Crippen LogP contribution >= 0.6 is 0 Å². The second-order valence-corrected chi connectivity index (χ2v) is 9.05. The molecule has 0 radical (unpaired) electrons. The molecule has 0 spiro atoms. The summed E-state index contributed by atoms with van der Waals surface area (Å²) in [4.78, 5) is 46.5. The fourth-order valence-corrected chi connectivity index (χ4v) is 4.18. The lowest BCUT2D eigenvalue weighted by atomic mass is 10.00. The lowest BCUT2D eigenvalue weighted by molar-refractivity contribution is -0.384. The van der Waals surface area contributed by atoms with Gasteiger partial charge in [-0.2, -0.15) is 0 Å². The van der Waals surface area contributed by atoms with Gasteiger partial charge in [-0.3, -0.25) is 14.9 Å². The number of anilines is 1. The number of aromatic hydroxyl groups is 1. The number of rotatable bonds is 8. The molecule has 0 aliphatic carbocycles. The van der Waals surface area contributed by atoms with E-state index >= 15 is 0 Å². The van der Waals surface area contributed by atoms with Crippen LogP contribution in [0.5, 0.6) is 5.88 Å². The number of nitrogens with zero attached hydrogens (tertiary/aromatic N) is 4. The Morgan fingerprint density at radius 1 is 1.03 bits per heavy atom. The average Bonchev–Trinajstić information content (AvgIpc) is 3.25. The monoisotopic (exact) mass is 529 g/mol. The number of hydrogen-bond donors (Lipinski definition) is 2. The Hall–Kier alpha value is -5.03. The van der Waals surface area contributed by atoms with Gasteiger partial charge in [0.15, 0.2) is 5.88 Å². The Morgan fingerprint density at radius 3 is 2.38 bits per heavy atom. The topological polar surface area (TPSA) is 141 Å². The van der Waals surface area contributed by atoms with E-state index in [1.807, 2.05) is 18.2 Å². The minimum atomic E-state index is -0.562. The molecule has 0 saturated heterocycles. The third-order valence-electron chi connectivity index (χ3n) is 6.07. The predicted octanol–water partition coefficient (Wildman–Crippen LogP) is 4.26. The summed E-state index contributed by atoms with van der Waals surface area (Å²) >= 11 is 0. The third kappa shape index (κ3) is 5.63. The Bertz CT molecular complexity index is 1590. The number of benzene rings is 3. The molecule has 0 saturated carbocycles. The first-order chi connectivity index (χ1) is 18.6. The molecular weight excluding hydrogens is 502 g/mol. The number of nitro benzene ring substituents is 1. The van der Waals surface area contributed by atoms with Crippen molar-refractivity contribution < 1.29 is 24.4 Å². The highest BCUT2D eigenvalue weighted by atomic mass is 16.6. The van der Waals surface area contributed by atoms with Crippen LogP contribution in [0.2, 0.25) is 0 Å². The van der Waals surface area contributed by atoms with Crippen molar-refractivity contribution in [3.05, 3.63) is 93.5 Å². The fraction of sp³-hybridized carbons (Fsp3) is 0.179. The van der Waals surface area contributed by atoms with Crippen LogP contribution in [0, 0.1) is 10.1 Å². The van der Waals surface area contributed by atoms with Gasteiger partial charge < -0.3 is 24.6 Å². The number of amides is 1. The van der Waals surface area contributed by atoms with E-state index in [0.29, 0.717) is 33.3 Å². The van der Waals surface area contributed by atoms with Crippen LogP contribution < -0.4 is 4.90 Å². The molecule has 0 unspecified atom stereocenters. The quantitative estimate of drug-likeness (QED) is 0.150. The summed E-state index contributed by atoms with van der Waals surface area (Å²) in [6.07, 6.45) is 0. The minimum absolute atomic E-state index is 0.0866. The predicted molar refractivity (Wildman–Crippen MR) is 148 cm³/mol. The molecule has 0 aliphatic rings. The summed E-state index contributed by atoms with van der Waals surface area (Å²) in [6.45, 7) is 0.0866. The number of aromatic amines is 1. The number of nitro groups is 1. The highest BCUT2D eigenvalue weighted by Crippen LogP contribution is 2.35. The summed E-state index contributed by atoms with van der Waals surface area (Å²) in [5.41, 5.74) is 2.24. The van der Waals surface area contributed by atoms with Crippen molar-refractivity contribution in [3.8, 4) is 5.88 Å². The van der Waals surface area contributed by atoms with Gasteiger partial charge in [-0.15, -0.1) is 0 Å². The number of aliphatic imine (C=N–C) groups is 1. The van der Waals surface area contributed by atoms with Gasteiger partial charge in [-0.05, 0) is 38.4 Å². The summed E-state index contributed by atoms with van der Waals surface area (Å²) in [5.74, 6) is -1.01. The van der Waals surface area contributed by atoms with Gasteiger partial charge in [0.25, 0.3) is 5.69 Å². The molecule has 11 heteroatoms. The number of carbonyl (C=O) groups is 2. The largest absolute Gasteiger partial charge is 0.494 e. The minimum Gasteiger partial charge on any atom is -0.494 e. The number of aromatic nitrogens is 1. The number of carbonyl (C=O) groups excluding carboxylic acids is 2. The molecule has 4 aromatic rings. The number of H-pyrrole nitrogens is 1. The Balaban J connectivity index is 1.88. The fourth-order valence-electron chi connectivity index (χ4n) is 4.18. The number of nitrogens with one attached hydrogen (secondary N) is 1. The van der Waals surface area contributed by atoms with Crippen LogP contribution in [0.15, 0.2) is 71.7 Å². The highest BCUT2D eigenvalue weighted by Gasteiger charge is 2.24. The molecule has 0 bridgehead atoms. The van der Waals surface area contributed by atoms with Crippen LogP contribution in [0.25, 0.3) is 10.9 Å². The van der Waals surface area contributed by atoms with Crippen molar-refractivity contribution in [1.82, 2.24) is 9.88 Å². The maximum absolute atomic E-state index is 12.6. The average molecular weight is 530 g/mol. The molecular formula is C28H27N5O6. The highest BCUT2D eigenvalue weighted by molar-refractivity contribution is 6.22. The first-order valence-electron chi connectivity index (χ1n) is 11.9. The second-order valence-electron chi connectivity index (χ2n) is 9.05. The summed E-state index contributed by atoms with van der Waals surface area (Å²) in [6, 6.07) is 18.2. The normalized spacial score (nSPS) is 11.6. The number of fused-ring (bicyclic) bond motifs is 1. The third-order valence-corrected chi connectivity index (χ3v) is 6.07. The van der Waals surface area contributed by atoms with E-state index in [9.17, 15) is 24.8 Å². The molecule has 0 fully saturated rings. The van der Waals surface area contributed by atoms with Crippen LogP contribution in [-0.2, 0) is 9.53 Å². The molecule has 2 N–H and O–H groups in total. The van der Waals surface area contributed by atoms with Gasteiger partial charge in [0, 0.05) is 29.6 Å². The summed E-state index contributed by atoms with van der Waals surface area (Å²) in [5, 5.41) is 23.5. The molecule has 11 nitrogen and oxygen atoms in total. The molecule has 39 heavy (non-hydrogen) atoms. The van der Waals surface area contributed by atoms with Crippen molar-refractivity contribution in [2.24, 2.45) is 4.99 Å². The maximum Gasteiger partial charge on any atom is 0.337 e. The van der Waals surface area contributed by atoms with Crippen LogP contribution in [0.4, 0.5) is 17.1 Å². The van der Waals surface area contributed by atoms with Gasteiger partial charge in [-0.25, -0.2) is 9.79 Å². The second kappa shape index (κ2) is 11.2. The SMILES string of the molecule is COC(=O)c1ccc2c(C(=Nc3ccc(N(C)C(=O)CN(C)C)c([N+](=O)[O-])c3)c3ccccc3)c(O)[nH]c2c1. The molecule has 0 atom stereocenters. The van der Waals surface area contributed by atoms with Gasteiger partial charge >= 0.3 is 5.97 Å². The van der Waals surface area contributed by atoms with Crippen molar-refractivity contribution >= 4 is 45.6 Å². The van der Waals surface area contributed by atoms with Gasteiger partial charge in [0.05, 0.1) is 41.1 Å². The Labute approximate surface area is 224 Å².